The molecule has 5 rings (SSSR count). The van der Waals surface area contributed by atoms with E-state index in [4.69, 9.17) is 14.0 Å². The average Bonchev–Trinajstić information content (AvgIpc) is 3.43. The lowest BCUT2D eigenvalue weighted by molar-refractivity contribution is -0.385. The lowest BCUT2D eigenvalue weighted by atomic mass is 9.77. The van der Waals surface area contributed by atoms with E-state index < -0.39 is 46.7 Å². The number of nitro groups is 1. The number of hydrogen-bond acceptors (Lipinski definition) is 8. The minimum absolute atomic E-state index is 0.0737. The van der Waals surface area contributed by atoms with E-state index in [2.05, 4.69) is 15.4 Å². The number of methoxy groups -OCH3 is 1. The summed E-state index contributed by atoms with van der Waals surface area (Å²) in [6.45, 7) is 9.32. The highest BCUT2D eigenvalue weighted by atomic mass is 19.4. The fourth-order valence-corrected chi connectivity index (χ4v) is 4.58. The van der Waals surface area contributed by atoms with Gasteiger partial charge >= 0.3 is 13.3 Å². The number of hydrogen-bond donors (Lipinski definition) is 1. The van der Waals surface area contributed by atoms with Gasteiger partial charge in [-0.25, -0.2) is 9.50 Å². The quantitative estimate of drug-likeness (QED) is 0.193. The summed E-state index contributed by atoms with van der Waals surface area (Å²) >= 11 is 0. The number of nitrogens with one attached hydrogen (secondary N) is 1. The zero-order chi connectivity index (χ0) is 29.2. The van der Waals surface area contributed by atoms with Gasteiger partial charge in [-0.3, -0.25) is 10.1 Å². The maximum atomic E-state index is 13.5. The van der Waals surface area contributed by atoms with E-state index in [1.165, 1.54) is 7.11 Å². The van der Waals surface area contributed by atoms with Crippen molar-refractivity contribution in [2.24, 2.45) is 0 Å². The topological polar surface area (TPSA) is 113 Å². The van der Waals surface area contributed by atoms with Crippen LogP contribution in [0.1, 0.15) is 51.8 Å². The van der Waals surface area contributed by atoms with Gasteiger partial charge in [-0.1, -0.05) is 0 Å². The van der Waals surface area contributed by atoms with Gasteiger partial charge in [0, 0.05) is 35.1 Å². The zero-order valence-electron chi connectivity index (χ0n) is 22.7. The van der Waals surface area contributed by atoms with Gasteiger partial charge in [0.05, 0.1) is 46.6 Å². The van der Waals surface area contributed by atoms with Crippen LogP contribution in [0.5, 0.6) is 5.75 Å². The van der Waals surface area contributed by atoms with Crippen molar-refractivity contribution in [2.75, 3.05) is 12.4 Å². The Hall–Kier alpha value is -3.91. The molecule has 1 atom stereocenters. The van der Waals surface area contributed by atoms with Crippen LogP contribution in [-0.2, 0) is 15.5 Å². The molecule has 40 heavy (non-hydrogen) atoms. The van der Waals surface area contributed by atoms with Gasteiger partial charge < -0.3 is 19.4 Å². The summed E-state index contributed by atoms with van der Waals surface area (Å²) < 4.78 is 60.4. The fourth-order valence-electron chi connectivity index (χ4n) is 4.58. The molecule has 2 aromatic carbocycles. The molecule has 14 heteroatoms. The summed E-state index contributed by atoms with van der Waals surface area (Å²) in [4.78, 5) is 15.2. The Kier molecular flexibility index (Phi) is 6.46. The Balaban J connectivity index is 1.64. The second-order valence-electron chi connectivity index (χ2n) is 10.7. The number of anilines is 1. The maximum Gasteiger partial charge on any atom is 0.498 e. The SMILES string of the molecule is COc1cc2c(cc1B1OC(C)(C)C(C)(C)O1)c(NC(C)c1cc([N+](=O)[O-])cc(C(F)(F)F)c1)nc1ccnn12. The van der Waals surface area contributed by atoms with E-state index in [0.717, 1.165) is 12.1 Å². The molecule has 1 aliphatic heterocycles. The molecular weight excluding hydrogens is 530 g/mol. The summed E-state index contributed by atoms with van der Waals surface area (Å²) in [6.07, 6.45) is -3.18. The predicted octanol–water partition coefficient (Wildman–Crippen LogP) is 5.29. The molecule has 1 N–H and O–H groups in total. The highest BCUT2D eigenvalue weighted by molar-refractivity contribution is 6.63. The van der Waals surface area contributed by atoms with Gasteiger partial charge in [0.1, 0.15) is 11.6 Å². The highest BCUT2D eigenvalue weighted by Gasteiger charge is 2.52. The lowest BCUT2D eigenvalue weighted by Crippen LogP contribution is -2.41. The second-order valence-corrected chi connectivity index (χ2v) is 10.7. The Morgan fingerprint density at radius 1 is 1.12 bits per heavy atom. The largest absolute Gasteiger partial charge is 0.498 e. The number of nitrogens with zero attached hydrogens (tertiary/aromatic N) is 4. The van der Waals surface area contributed by atoms with Crippen molar-refractivity contribution in [1.29, 1.82) is 0 Å². The van der Waals surface area contributed by atoms with E-state index >= 15 is 0 Å². The Bertz CT molecular complexity index is 1620. The lowest BCUT2D eigenvalue weighted by Gasteiger charge is -2.32. The zero-order valence-corrected chi connectivity index (χ0v) is 22.7. The number of aromatic nitrogens is 3. The molecular formula is C26H27BF3N5O5. The molecule has 1 fully saturated rings. The van der Waals surface area contributed by atoms with Gasteiger partial charge in [0.2, 0.25) is 0 Å². The van der Waals surface area contributed by atoms with Crippen LogP contribution in [0.15, 0.2) is 42.6 Å². The first-order chi connectivity index (χ1) is 18.6. The molecule has 0 amide bonds. The number of rotatable bonds is 6. The number of alkyl halides is 3. The molecule has 4 aromatic rings. The van der Waals surface area contributed by atoms with Gasteiger partial charge in [0.15, 0.2) is 5.65 Å². The number of nitro benzene ring substituents is 1. The molecule has 3 heterocycles. The first kappa shape index (κ1) is 27.7. The summed E-state index contributed by atoms with van der Waals surface area (Å²) in [5.74, 6) is 0.817. The van der Waals surface area contributed by atoms with Gasteiger partial charge in [-0.05, 0) is 52.3 Å². The third-order valence-electron chi connectivity index (χ3n) is 7.52. The summed E-state index contributed by atoms with van der Waals surface area (Å²) in [6, 6.07) is 6.97. The van der Waals surface area contributed by atoms with Crippen LogP contribution >= 0.6 is 0 Å². The normalized spacial score (nSPS) is 17.4. The molecule has 2 aromatic heterocycles. The molecule has 10 nitrogen and oxygen atoms in total. The number of ether oxygens (including phenoxy) is 1. The Morgan fingerprint density at radius 2 is 1.80 bits per heavy atom. The number of fused-ring (bicyclic) bond motifs is 3. The van der Waals surface area contributed by atoms with Crippen LogP contribution in [0, 0.1) is 10.1 Å². The maximum absolute atomic E-state index is 13.5. The van der Waals surface area contributed by atoms with Crippen molar-refractivity contribution in [3.8, 4) is 5.75 Å². The van der Waals surface area contributed by atoms with Crippen molar-refractivity contribution in [2.45, 2.75) is 58.0 Å². The highest BCUT2D eigenvalue weighted by Crippen LogP contribution is 2.39. The van der Waals surface area contributed by atoms with Crippen LogP contribution in [0.4, 0.5) is 24.7 Å². The van der Waals surface area contributed by atoms with Crippen LogP contribution in [-0.4, -0.2) is 45.0 Å². The smallest absolute Gasteiger partial charge is 0.497 e. The van der Waals surface area contributed by atoms with Crippen molar-refractivity contribution < 1.29 is 32.1 Å². The van der Waals surface area contributed by atoms with Crippen LogP contribution in [0.25, 0.3) is 16.6 Å². The van der Waals surface area contributed by atoms with Gasteiger partial charge in [-0.2, -0.15) is 18.3 Å². The Labute approximate surface area is 227 Å². The van der Waals surface area contributed by atoms with Crippen molar-refractivity contribution in [1.82, 2.24) is 14.6 Å². The third kappa shape index (κ3) is 4.70. The number of halogens is 3. The summed E-state index contributed by atoms with van der Waals surface area (Å²) in [5.41, 5.74) is -1.25. The van der Waals surface area contributed by atoms with Crippen molar-refractivity contribution in [3.05, 3.63) is 63.8 Å². The average molecular weight is 557 g/mol. The summed E-state index contributed by atoms with van der Waals surface area (Å²) in [5, 5.41) is 19.4. The summed E-state index contributed by atoms with van der Waals surface area (Å²) in [7, 11) is 0.758. The Morgan fingerprint density at radius 3 is 2.40 bits per heavy atom. The van der Waals surface area contributed by atoms with Crippen LogP contribution in [0.3, 0.4) is 0 Å². The van der Waals surface area contributed by atoms with E-state index in [0.29, 0.717) is 39.6 Å². The third-order valence-corrected chi connectivity index (χ3v) is 7.52. The first-order valence-corrected chi connectivity index (χ1v) is 12.5. The predicted molar refractivity (Wildman–Crippen MR) is 143 cm³/mol. The second kappa shape index (κ2) is 9.34. The molecule has 0 saturated carbocycles. The van der Waals surface area contributed by atoms with Crippen molar-refractivity contribution >= 4 is 40.6 Å². The monoisotopic (exact) mass is 557 g/mol. The molecule has 0 aliphatic carbocycles. The van der Waals surface area contributed by atoms with E-state index in [9.17, 15) is 23.3 Å². The van der Waals surface area contributed by atoms with Crippen LogP contribution in [0.2, 0.25) is 0 Å². The van der Waals surface area contributed by atoms with E-state index in [-0.39, 0.29) is 5.56 Å². The van der Waals surface area contributed by atoms with Crippen LogP contribution < -0.4 is 15.5 Å². The molecule has 1 saturated heterocycles. The number of benzene rings is 2. The number of non-ortho nitro benzene ring substituents is 1. The minimum atomic E-state index is -4.75. The fraction of sp³-hybridized carbons (Fsp3) is 0.385. The molecule has 0 spiro atoms. The molecule has 1 unspecified atom stereocenters. The van der Waals surface area contributed by atoms with Crippen molar-refractivity contribution in [3.63, 3.8) is 0 Å². The van der Waals surface area contributed by atoms with E-state index in [1.54, 1.807) is 35.8 Å². The molecule has 210 valence electrons. The standard InChI is InChI=1S/C26H27BF3N5O5/c1-14(15-9-16(26(28,29)30)11-17(10-15)35(36)37)32-23-18-12-19(27-39-24(2,3)25(4,5)40-27)21(38-6)13-20(18)34-22(33-23)7-8-31-34/h7-14H,1-6H3,(H,32,33). The molecule has 1 aliphatic rings. The van der Waals surface area contributed by atoms with Gasteiger partial charge in [-0.15, -0.1) is 0 Å². The van der Waals surface area contributed by atoms with Gasteiger partial charge in [0.25, 0.3) is 5.69 Å². The molecule has 0 bridgehead atoms. The minimum Gasteiger partial charge on any atom is -0.497 e. The van der Waals surface area contributed by atoms with E-state index in [1.807, 2.05) is 27.7 Å². The first-order valence-electron chi connectivity index (χ1n) is 12.5. The molecule has 0 radical (unpaired) electrons.